The van der Waals surface area contributed by atoms with E-state index in [2.05, 4.69) is 0 Å². The zero-order valence-electron chi connectivity index (χ0n) is 10.6. The van der Waals surface area contributed by atoms with Crippen LogP contribution in [0.3, 0.4) is 0 Å². The SMILES string of the molecule is Cc1ccc(C(=O)N(C)C(C)(C)CCl)c(O)c1. The van der Waals surface area contributed by atoms with Gasteiger partial charge in [-0.15, -0.1) is 11.6 Å². The lowest BCUT2D eigenvalue weighted by atomic mass is 10.0. The van der Waals surface area contributed by atoms with Gasteiger partial charge in [-0.1, -0.05) is 6.07 Å². The highest BCUT2D eigenvalue weighted by molar-refractivity contribution is 6.18. The van der Waals surface area contributed by atoms with E-state index in [9.17, 15) is 9.90 Å². The first-order valence-electron chi connectivity index (χ1n) is 5.43. The molecule has 1 rings (SSSR count). The predicted octanol–water partition coefficient (Wildman–Crippen LogP) is 2.79. The van der Waals surface area contributed by atoms with E-state index >= 15 is 0 Å². The van der Waals surface area contributed by atoms with Gasteiger partial charge in [-0.2, -0.15) is 0 Å². The number of rotatable bonds is 3. The van der Waals surface area contributed by atoms with Crippen molar-refractivity contribution in [3.05, 3.63) is 29.3 Å². The normalized spacial score (nSPS) is 11.4. The van der Waals surface area contributed by atoms with Gasteiger partial charge in [0, 0.05) is 12.9 Å². The van der Waals surface area contributed by atoms with Gasteiger partial charge in [0.15, 0.2) is 0 Å². The lowest BCUT2D eigenvalue weighted by Crippen LogP contribution is -2.46. The van der Waals surface area contributed by atoms with Crippen LogP contribution in [-0.4, -0.2) is 34.4 Å². The summed E-state index contributed by atoms with van der Waals surface area (Å²) >= 11 is 5.83. The minimum Gasteiger partial charge on any atom is -0.507 e. The molecule has 0 spiro atoms. The second kappa shape index (κ2) is 4.96. The third kappa shape index (κ3) is 2.91. The molecule has 0 heterocycles. The van der Waals surface area contributed by atoms with Crippen molar-refractivity contribution in [1.29, 1.82) is 0 Å². The Morgan fingerprint density at radius 1 is 1.47 bits per heavy atom. The molecule has 0 saturated heterocycles. The molecule has 0 atom stereocenters. The fourth-order valence-electron chi connectivity index (χ4n) is 1.37. The number of aromatic hydroxyl groups is 1. The number of hydrogen-bond donors (Lipinski definition) is 1. The van der Waals surface area contributed by atoms with Crippen molar-refractivity contribution in [2.24, 2.45) is 0 Å². The zero-order valence-corrected chi connectivity index (χ0v) is 11.4. The molecule has 1 aromatic rings. The summed E-state index contributed by atoms with van der Waals surface area (Å²) in [6, 6.07) is 5.01. The average Bonchev–Trinajstić information content (AvgIpc) is 2.27. The van der Waals surface area contributed by atoms with Gasteiger partial charge in [0.1, 0.15) is 5.75 Å². The van der Waals surface area contributed by atoms with E-state index in [0.29, 0.717) is 11.4 Å². The number of nitrogens with zero attached hydrogens (tertiary/aromatic N) is 1. The molecule has 0 aliphatic heterocycles. The number of carbonyl (C=O) groups is 1. The van der Waals surface area contributed by atoms with Crippen LogP contribution < -0.4 is 0 Å². The van der Waals surface area contributed by atoms with E-state index in [-0.39, 0.29) is 11.7 Å². The first kappa shape index (κ1) is 13.8. The van der Waals surface area contributed by atoms with E-state index < -0.39 is 5.54 Å². The van der Waals surface area contributed by atoms with E-state index in [1.165, 1.54) is 0 Å². The minimum absolute atomic E-state index is 0.00669. The second-order valence-electron chi connectivity index (χ2n) is 4.83. The van der Waals surface area contributed by atoms with Crippen LogP contribution in [0, 0.1) is 6.92 Å². The maximum atomic E-state index is 12.2. The van der Waals surface area contributed by atoms with Gasteiger partial charge < -0.3 is 10.0 Å². The van der Waals surface area contributed by atoms with E-state index in [1.54, 1.807) is 30.1 Å². The molecule has 4 heteroatoms. The van der Waals surface area contributed by atoms with E-state index in [4.69, 9.17) is 11.6 Å². The van der Waals surface area contributed by atoms with Crippen LogP contribution in [0.15, 0.2) is 18.2 Å². The van der Waals surface area contributed by atoms with Gasteiger partial charge in [-0.3, -0.25) is 4.79 Å². The molecule has 0 unspecified atom stereocenters. The highest BCUT2D eigenvalue weighted by Gasteiger charge is 2.28. The summed E-state index contributed by atoms with van der Waals surface area (Å²) in [5.41, 5.74) is 0.769. The largest absolute Gasteiger partial charge is 0.507 e. The predicted molar refractivity (Wildman–Crippen MR) is 69.7 cm³/mol. The molecule has 0 fully saturated rings. The first-order chi connectivity index (χ1) is 7.79. The Bertz CT molecular complexity index is 429. The van der Waals surface area contributed by atoms with Crippen LogP contribution >= 0.6 is 11.6 Å². The number of phenols is 1. The van der Waals surface area contributed by atoms with Crippen molar-refractivity contribution in [2.75, 3.05) is 12.9 Å². The maximum Gasteiger partial charge on any atom is 0.257 e. The summed E-state index contributed by atoms with van der Waals surface area (Å²) in [6.45, 7) is 5.62. The maximum absolute atomic E-state index is 12.2. The number of phenolic OH excluding ortho intramolecular Hbond substituents is 1. The summed E-state index contributed by atoms with van der Waals surface area (Å²) in [7, 11) is 1.68. The molecule has 1 amide bonds. The molecule has 0 aliphatic rings. The Morgan fingerprint density at radius 3 is 2.53 bits per heavy atom. The lowest BCUT2D eigenvalue weighted by molar-refractivity contribution is 0.0657. The van der Waals surface area contributed by atoms with E-state index in [0.717, 1.165) is 5.56 Å². The molecular formula is C13H18ClNO2. The third-order valence-corrected chi connectivity index (χ3v) is 3.58. The molecule has 94 valence electrons. The van der Waals surface area contributed by atoms with Crippen molar-refractivity contribution in [3.8, 4) is 5.75 Å². The second-order valence-corrected chi connectivity index (χ2v) is 5.10. The Kier molecular flexibility index (Phi) is 4.04. The molecule has 0 aromatic heterocycles. The van der Waals surface area contributed by atoms with Crippen LogP contribution in [0.25, 0.3) is 0 Å². The Balaban J connectivity index is 3.05. The van der Waals surface area contributed by atoms with Crippen LogP contribution in [0.5, 0.6) is 5.75 Å². The number of benzene rings is 1. The molecule has 1 N–H and O–H groups in total. The lowest BCUT2D eigenvalue weighted by Gasteiger charge is -2.34. The van der Waals surface area contributed by atoms with Crippen molar-refractivity contribution < 1.29 is 9.90 Å². The van der Waals surface area contributed by atoms with Gasteiger partial charge in [0.25, 0.3) is 5.91 Å². The Hall–Kier alpha value is -1.22. The highest BCUT2D eigenvalue weighted by Crippen LogP contribution is 2.23. The van der Waals surface area contributed by atoms with Gasteiger partial charge in [-0.05, 0) is 38.5 Å². The summed E-state index contributed by atoms with van der Waals surface area (Å²) in [6.07, 6.45) is 0. The van der Waals surface area contributed by atoms with Gasteiger partial charge in [-0.25, -0.2) is 0 Å². The molecule has 3 nitrogen and oxygen atoms in total. The molecule has 0 radical (unpaired) electrons. The fraction of sp³-hybridized carbons (Fsp3) is 0.462. The monoisotopic (exact) mass is 255 g/mol. The van der Waals surface area contributed by atoms with Crippen molar-refractivity contribution >= 4 is 17.5 Å². The fourth-order valence-corrected chi connectivity index (χ4v) is 1.55. The summed E-state index contributed by atoms with van der Waals surface area (Å²) < 4.78 is 0. The third-order valence-electron chi connectivity index (χ3n) is 2.92. The molecule has 0 saturated carbocycles. The van der Waals surface area contributed by atoms with Gasteiger partial charge in [0.05, 0.1) is 11.1 Å². The van der Waals surface area contributed by atoms with Crippen LogP contribution in [0.2, 0.25) is 0 Å². The molecule has 1 aromatic carbocycles. The van der Waals surface area contributed by atoms with Gasteiger partial charge >= 0.3 is 0 Å². The quantitative estimate of drug-likeness (QED) is 0.844. The topological polar surface area (TPSA) is 40.5 Å². The minimum atomic E-state index is -0.448. The number of hydrogen-bond acceptors (Lipinski definition) is 2. The van der Waals surface area contributed by atoms with Crippen LogP contribution in [-0.2, 0) is 0 Å². The molecule has 17 heavy (non-hydrogen) atoms. The first-order valence-corrected chi connectivity index (χ1v) is 5.97. The smallest absolute Gasteiger partial charge is 0.257 e. The number of amides is 1. The van der Waals surface area contributed by atoms with Gasteiger partial charge in [0.2, 0.25) is 0 Å². The average molecular weight is 256 g/mol. The van der Waals surface area contributed by atoms with Crippen LogP contribution in [0.1, 0.15) is 29.8 Å². The summed E-state index contributed by atoms with van der Waals surface area (Å²) in [5, 5.41) is 9.77. The number of aryl methyl sites for hydroxylation is 1. The van der Waals surface area contributed by atoms with Crippen molar-refractivity contribution in [2.45, 2.75) is 26.3 Å². The highest BCUT2D eigenvalue weighted by atomic mass is 35.5. The van der Waals surface area contributed by atoms with Crippen molar-refractivity contribution in [3.63, 3.8) is 0 Å². The molecular weight excluding hydrogens is 238 g/mol. The summed E-state index contributed by atoms with van der Waals surface area (Å²) in [5.74, 6) is 0.113. The molecule has 0 bridgehead atoms. The zero-order chi connectivity index (χ0) is 13.2. The number of alkyl halides is 1. The van der Waals surface area contributed by atoms with E-state index in [1.807, 2.05) is 20.8 Å². The summed E-state index contributed by atoms with van der Waals surface area (Å²) in [4.78, 5) is 13.7. The standard InChI is InChI=1S/C13H18ClNO2/c1-9-5-6-10(11(16)7-9)12(17)15(4)13(2,3)8-14/h5-7,16H,8H2,1-4H3. The number of carbonyl (C=O) groups excluding carboxylic acids is 1. The number of halogens is 1. The van der Waals surface area contributed by atoms with Crippen molar-refractivity contribution in [1.82, 2.24) is 4.90 Å². The Morgan fingerprint density at radius 2 is 2.06 bits per heavy atom. The van der Waals surface area contributed by atoms with Crippen LogP contribution in [0.4, 0.5) is 0 Å². The Labute approximate surface area is 107 Å². The molecule has 0 aliphatic carbocycles.